The number of hydrogen-bond donors (Lipinski definition) is 1. The van der Waals surface area contributed by atoms with Gasteiger partial charge in [0.2, 0.25) is 0 Å². The smallest absolute Gasteiger partial charge is 0.0624 e. The number of nitrogens with one attached hydrogen (secondary N) is 1. The van der Waals surface area contributed by atoms with Crippen LogP contribution in [-0.2, 0) is 26.3 Å². The summed E-state index contributed by atoms with van der Waals surface area (Å²) in [5.74, 6) is 0.604. The maximum Gasteiger partial charge on any atom is 0.0624 e. The lowest BCUT2D eigenvalue weighted by atomic mass is 9.94. The van der Waals surface area contributed by atoms with E-state index >= 15 is 0 Å². The van der Waals surface area contributed by atoms with E-state index in [1.807, 2.05) is 4.68 Å². The number of rotatable bonds is 8. The van der Waals surface area contributed by atoms with Crippen LogP contribution in [0.5, 0.6) is 0 Å². The van der Waals surface area contributed by atoms with Gasteiger partial charge in [0.15, 0.2) is 0 Å². The van der Waals surface area contributed by atoms with Crippen molar-refractivity contribution in [2.24, 2.45) is 13.0 Å². The van der Waals surface area contributed by atoms with Crippen LogP contribution in [0.1, 0.15) is 30.8 Å². The first-order chi connectivity index (χ1) is 10.2. The molecule has 3 nitrogen and oxygen atoms in total. The van der Waals surface area contributed by atoms with Crippen molar-refractivity contribution in [3.8, 4) is 0 Å². The second-order valence-corrected chi connectivity index (χ2v) is 5.67. The van der Waals surface area contributed by atoms with Crippen molar-refractivity contribution < 1.29 is 0 Å². The first-order valence-electron chi connectivity index (χ1n) is 7.99. The van der Waals surface area contributed by atoms with Crippen LogP contribution >= 0.6 is 0 Å². The highest BCUT2D eigenvalue weighted by Crippen LogP contribution is 2.15. The summed E-state index contributed by atoms with van der Waals surface area (Å²) in [7, 11) is 2.06. The van der Waals surface area contributed by atoms with E-state index in [4.69, 9.17) is 0 Å². The van der Waals surface area contributed by atoms with E-state index in [9.17, 15) is 0 Å². The fourth-order valence-corrected chi connectivity index (χ4v) is 2.74. The second kappa shape index (κ2) is 7.99. The summed E-state index contributed by atoms with van der Waals surface area (Å²) in [6.45, 7) is 6.40. The van der Waals surface area contributed by atoms with Gasteiger partial charge >= 0.3 is 0 Å². The third-order valence-corrected chi connectivity index (χ3v) is 3.94. The van der Waals surface area contributed by atoms with Crippen LogP contribution in [0.3, 0.4) is 0 Å². The highest BCUT2D eigenvalue weighted by atomic mass is 15.3. The Morgan fingerprint density at radius 1 is 1.14 bits per heavy atom. The van der Waals surface area contributed by atoms with Crippen molar-refractivity contribution in [2.75, 3.05) is 13.1 Å². The van der Waals surface area contributed by atoms with Crippen molar-refractivity contribution in [1.29, 1.82) is 0 Å². The maximum absolute atomic E-state index is 4.57. The summed E-state index contributed by atoms with van der Waals surface area (Å²) in [4.78, 5) is 0. The fraction of sp³-hybridized carbons (Fsp3) is 0.500. The largest absolute Gasteiger partial charge is 0.317 e. The summed E-state index contributed by atoms with van der Waals surface area (Å²) >= 11 is 0. The molecule has 0 aliphatic rings. The highest BCUT2D eigenvalue weighted by molar-refractivity contribution is 5.17. The molecule has 2 aromatic rings. The van der Waals surface area contributed by atoms with E-state index in [0.717, 1.165) is 32.4 Å². The zero-order valence-electron chi connectivity index (χ0n) is 13.5. The molecular formula is C18H27N3. The molecule has 1 aromatic heterocycles. The first-order valence-corrected chi connectivity index (χ1v) is 7.99. The molecule has 1 atom stereocenters. The molecule has 0 radical (unpaired) electrons. The van der Waals surface area contributed by atoms with Crippen molar-refractivity contribution >= 4 is 0 Å². The fourth-order valence-electron chi connectivity index (χ4n) is 2.74. The Hall–Kier alpha value is -1.61. The molecule has 114 valence electrons. The Morgan fingerprint density at radius 3 is 2.52 bits per heavy atom. The maximum atomic E-state index is 4.57. The zero-order valence-corrected chi connectivity index (χ0v) is 13.5. The van der Waals surface area contributed by atoms with Crippen LogP contribution < -0.4 is 5.32 Å². The Bertz CT molecular complexity index is 531. The Kier molecular flexibility index (Phi) is 6.00. The van der Waals surface area contributed by atoms with Crippen LogP contribution in [0.15, 0.2) is 36.4 Å². The Morgan fingerprint density at radius 2 is 1.90 bits per heavy atom. The van der Waals surface area contributed by atoms with Gasteiger partial charge in [-0.3, -0.25) is 4.68 Å². The molecular weight excluding hydrogens is 258 g/mol. The lowest BCUT2D eigenvalue weighted by molar-refractivity contribution is 0.464. The summed E-state index contributed by atoms with van der Waals surface area (Å²) in [5, 5.41) is 8.07. The van der Waals surface area contributed by atoms with E-state index in [1.54, 1.807) is 0 Å². The average molecular weight is 285 g/mol. The minimum atomic E-state index is 0.604. The van der Waals surface area contributed by atoms with Gasteiger partial charge in [0.25, 0.3) is 0 Å². The van der Waals surface area contributed by atoms with Crippen molar-refractivity contribution in [3.05, 3.63) is 53.3 Å². The number of benzene rings is 1. The normalized spacial score (nSPS) is 12.5. The molecule has 1 heterocycles. The molecule has 0 fully saturated rings. The van der Waals surface area contributed by atoms with Crippen LogP contribution in [0, 0.1) is 5.92 Å². The Labute approximate surface area is 128 Å². The molecule has 0 saturated carbocycles. The molecule has 3 heteroatoms. The number of nitrogens with zero attached hydrogens (tertiary/aromatic N) is 2. The predicted octanol–water partition coefficient (Wildman–Crippen LogP) is 2.99. The van der Waals surface area contributed by atoms with E-state index in [-0.39, 0.29) is 0 Å². The van der Waals surface area contributed by atoms with E-state index < -0.39 is 0 Å². The van der Waals surface area contributed by atoms with E-state index in [2.05, 4.69) is 67.7 Å². The van der Waals surface area contributed by atoms with Gasteiger partial charge in [0, 0.05) is 12.7 Å². The summed E-state index contributed by atoms with van der Waals surface area (Å²) in [6, 6.07) is 13.0. The first kappa shape index (κ1) is 15.8. The van der Waals surface area contributed by atoms with Gasteiger partial charge in [-0.15, -0.1) is 0 Å². The summed E-state index contributed by atoms with van der Waals surface area (Å²) in [6.07, 6.45) is 3.19. The number of hydrogen-bond acceptors (Lipinski definition) is 2. The lowest BCUT2D eigenvalue weighted by Crippen LogP contribution is -2.26. The summed E-state index contributed by atoms with van der Waals surface area (Å²) < 4.78 is 2.04. The van der Waals surface area contributed by atoms with E-state index in [0.29, 0.717) is 5.92 Å². The van der Waals surface area contributed by atoms with Crippen molar-refractivity contribution in [2.45, 2.75) is 33.1 Å². The quantitative estimate of drug-likeness (QED) is 0.808. The van der Waals surface area contributed by atoms with Crippen molar-refractivity contribution in [1.82, 2.24) is 15.1 Å². The minimum Gasteiger partial charge on any atom is -0.317 e. The molecule has 0 amide bonds. The van der Waals surface area contributed by atoms with Crippen LogP contribution in [0.2, 0.25) is 0 Å². The second-order valence-electron chi connectivity index (χ2n) is 5.67. The molecule has 21 heavy (non-hydrogen) atoms. The molecule has 0 aliphatic heterocycles. The monoisotopic (exact) mass is 285 g/mol. The van der Waals surface area contributed by atoms with Gasteiger partial charge in [-0.05, 0) is 49.9 Å². The molecule has 0 saturated heterocycles. The molecule has 2 rings (SSSR count). The topological polar surface area (TPSA) is 29.9 Å². The summed E-state index contributed by atoms with van der Waals surface area (Å²) in [5.41, 5.74) is 3.94. The molecule has 1 aromatic carbocycles. The van der Waals surface area contributed by atoms with Gasteiger partial charge < -0.3 is 5.32 Å². The molecule has 1 unspecified atom stereocenters. The van der Waals surface area contributed by atoms with Crippen molar-refractivity contribution in [3.63, 3.8) is 0 Å². The van der Waals surface area contributed by atoms with E-state index in [1.165, 1.54) is 17.0 Å². The van der Waals surface area contributed by atoms with Gasteiger partial charge in [0.1, 0.15) is 0 Å². The third-order valence-electron chi connectivity index (χ3n) is 3.94. The van der Waals surface area contributed by atoms with Gasteiger partial charge in [-0.2, -0.15) is 5.10 Å². The molecule has 0 aliphatic carbocycles. The molecule has 0 bridgehead atoms. The predicted molar refractivity (Wildman–Crippen MR) is 88.5 cm³/mol. The zero-order chi connectivity index (χ0) is 15.1. The average Bonchev–Trinajstić information content (AvgIpc) is 2.86. The van der Waals surface area contributed by atoms with Gasteiger partial charge in [0.05, 0.1) is 5.69 Å². The molecule has 1 N–H and O–H groups in total. The minimum absolute atomic E-state index is 0.604. The van der Waals surface area contributed by atoms with Crippen LogP contribution in [0.4, 0.5) is 0 Å². The highest BCUT2D eigenvalue weighted by Gasteiger charge is 2.13. The third kappa shape index (κ3) is 4.71. The SMILES string of the molecule is CCNCC(Cc1ccccc1)Cc1cc(CC)nn1C. The molecule has 0 spiro atoms. The van der Waals surface area contributed by atoms with Gasteiger partial charge in [-0.1, -0.05) is 44.2 Å². The van der Waals surface area contributed by atoms with Gasteiger partial charge in [-0.25, -0.2) is 0 Å². The van der Waals surface area contributed by atoms with Crippen LogP contribution in [-0.4, -0.2) is 22.9 Å². The number of aromatic nitrogens is 2. The Balaban J connectivity index is 2.06. The standard InChI is InChI=1S/C18H27N3/c1-4-17-13-18(21(3)20-17)12-16(14-19-5-2)11-15-9-7-6-8-10-15/h6-10,13,16,19H,4-5,11-12,14H2,1-3H3. The van der Waals surface area contributed by atoms with Crippen LogP contribution in [0.25, 0.3) is 0 Å². The lowest BCUT2D eigenvalue weighted by Gasteiger charge is -2.17. The number of aryl methyl sites for hydroxylation is 2.